The largest absolute Gasteiger partial charge is 0.394 e. The molecule has 1 heterocycles. The third-order valence-electron chi connectivity index (χ3n) is 4.18. The van der Waals surface area contributed by atoms with Crippen molar-refractivity contribution >= 4 is 0 Å². The molecule has 0 radical (unpaired) electrons. The van der Waals surface area contributed by atoms with E-state index in [9.17, 15) is 5.11 Å². The summed E-state index contributed by atoms with van der Waals surface area (Å²) in [4.78, 5) is 2.57. The monoisotopic (exact) mass is 276 g/mol. The van der Waals surface area contributed by atoms with Gasteiger partial charge < -0.3 is 15.3 Å². The van der Waals surface area contributed by atoms with Gasteiger partial charge in [-0.25, -0.2) is 0 Å². The van der Waals surface area contributed by atoms with Gasteiger partial charge in [0.05, 0.1) is 12.6 Å². The molecule has 2 N–H and O–H groups in total. The van der Waals surface area contributed by atoms with Crippen molar-refractivity contribution in [2.75, 3.05) is 26.2 Å². The number of benzene rings is 1. The highest BCUT2D eigenvalue weighted by molar-refractivity contribution is 5.19. The molecular formula is C17H28N2O. The predicted molar refractivity (Wildman–Crippen MR) is 83.8 cm³/mol. The summed E-state index contributed by atoms with van der Waals surface area (Å²) in [7, 11) is 0. The van der Waals surface area contributed by atoms with Crippen molar-refractivity contribution in [2.24, 2.45) is 0 Å². The molecule has 0 spiro atoms. The van der Waals surface area contributed by atoms with E-state index in [1.807, 2.05) is 18.2 Å². The molecule has 1 fully saturated rings. The first-order valence-electron chi connectivity index (χ1n) is 7.97. The van der Waals surface area contributed by atoms with E-state index in [1.165, 1.54) is 50.9 Å². The Morgan fingerprint density at radius 3 is 2.75 bits per heavy atom. The lowest BCUT2D eigenvalue weighted by molar-refractivity contribution is 0.226. The standard InChI is InChI=1S/C17H28N2O/c1-2-11-19-12-6-9-16(10-13-19)18-17(14-20)15-7-4-3-5-8-15/h3-5,7-8,16-18,20H,2,6,9-14H2,1H3. The number of rotatable bonds is 6. The Morgan fingerprint density at radius 1 is 1.25 bits per heavy atom. The minimum absolute atomic E-state index is 0.0684. The molecule has 112 valence electrons. The Bertz CT molecular complexity index is 369. The van der Waals surface area contributed by atoms with Crippen LogP contribution in [0, 0.1) is 0 Å². The van der Waals surface area contributed by atoms with Gasteiger partial charge in [-0.2, -0.15) is 0 Å². The molecule has 20 heavy (non-hydrogen) atoms. The molecule has 3 nitrogen and oxygen atoms in total. The van der Waals surface area contributed by atoms with Gasteiger partial charge in [-0.05, 0) is 50.9 Å². The number of nitrogens with zero attached hydrogens (tertiary/aromatic N) is 1. The topological polar surface area (TPSA) is 35.5 Å². The molecule has 0 saturated carbocycles. The van der Waals surface area contributed by atoms with Crippen LogP contribution in [0.25, 0.3) is 0 Å². The van der Waals surface area contributed by atoms with Gasteiger partial charge in [-0.1, -0.05) is 37.3 Å². The van der Waals surface area contributed by atoms with Crippen LogP contribution in [0.3, 0.4) is 0 Å². The minimum atomic E-state index is 0.0684. The third-order valence-corrected chi connectivity index (χ3v) is 4.18. The average Bonchev–Trinajstić information content (AvgIpc) is 2.71. The van der Waals surface area contributed by atoms with Crippen LogP contribution >= 0.6 is 0 Å². The van der Waals surface area contributed by atoms with E-state index >= 15 is 0 Å². The number of aliphatic hydroxyl groups is 1. The number of likely N-dealkylation sites (tertiary alicyclic amines) is 1. The third kappa shape index (κ3) is 4.58. The molecular weight excluding hydrogens is 248 g/mol. The molecule has 2 unspecified atom stereocenters. The van der Waals surface area contributed by atoms with Crippen molar-refractivity contribution < 1.29 is 5.11 Å². The fourth-order valence-corrected chi connectivity index (χ4v) is 3.09. The summed E-state index contributed by atoms with van der Waals surface area (Å²) in [6.45, 7) is 6.03. The van der Waals surface area contributed by atoms with E-state index in [-0.39, 0.29) is 12.6 Å². The quantitative estimate of drug-likeness (QED) is 0.838. The molecule has 2 rings (SSSR count). The van der Waals surface area contributed by atoms with Gasteiger partial charge in [0, 0.05) is 6.04 Å². The first-order valence-corrected chi connectivity index (χ1v) is 7.97. The van der Waals surface area contributed by atoms with E-state index in [0.29, 0.717) is 6.04 Å². The smallest absolute Gasteiger partial charge is 0.0626 e. The molecule has 0 aromatic heterocycles. The molecule has 1 aromatic rings. The van der Waals surface area contributed by atoms with Crippen molar-refractivity contribution in [3.63, 3.8) is 0 Å². The molecule has 3 heteroatoms. The number of hydrogen-bond acceptors (Lipinski definition) is 3. The van der Waals surface area contributed by atoms with Crippen molar-refractivity contribution in [1.29, 1.82) is 0 Å². The lowest BCUT2D eigenvalue weighted by Gasteiger charge is -2.24. The maximum absolute atomic E-state index is 9.64. The van der Waals surface area contributed by atoms with Crippen LogP contribution in [0.1, 0.15) is 44.2 Å². The van der Waals surface area contributed by atoms with Gasteiger partial charge in [-0.3, -0.25) is 0 Å². The summed E-state index contributed by atoms with van der Waals surface area (Å²) < 4.78 is 0. The van der Waals surface area contributed by atoms with Gasteiger partial charge in [0.25, 0.3) is 0 Å². The number of nitrogens with one attached hydrogen (secondary N) is 1. The van der Waals surface area contributed by atoms with Crippen LogP contribution in [0.4, 0.5) is 0 Å². The maximum Gasteiger partial charge on any atom is 0.0626 e. The van der Waals surface area contributed by atoms with Crippen LogP contribution in [0.15, 0.2) is 30.3 Å². The zero-order valence-corrected chi connectivity index (χ0v) is 12.6. The minimum Gasteiger partial charge on any atom is -0.394 e. The van der Waals surface area contributed by atoms with Crippen molar-refractivity contribution in [1.82, 2.24) is 10.2 Å². The normalized spacial score (nSPS) is 22.4. The van der Waals surface area contributed by atoms with E-state index in [4.69, 9.17) is 0 Å². The van der Waals surface area contributed by atoms with Gasteiger partial charge in [0.15, 0.2) is 0 Å². The fraction of sp³-hybridized carbons (Fsp3) is 0.647. The highest BCUT2D eigenvalue weighted by atomic mass is 16.3. The zero-order chi connectivity index (χ0) is 14.2. The van der Waals surface area contributed by atoms with Gasteiger partial charge in [-0.15, -0.1) is 0 Å². The number of hydrogen-bond donors (Lipinski definition) is 2. The van der Waals surface area contributed by atoms with Crippen LogP contribution < -0.4 is 5.32 Å². The molecule has 0 aliphatic carbocycles. The van der Waals surface area contributed by atoms with E-state index < -0.39 is 0 Å². The Balaban J connectivity index is 1.88. The van der Waals surface area contributed by atoms with Crippen molar-refractivity contribution in [2.45, 2.75) is 44.7 Å². The van der Waals surface area contributed by atoms with Gasteiger partial charge in [0.1, 0.15) is 0 Å². The van der Waals surface area contributed by atoms with E-state index in [2.05, 4.69) is 29.3 Å². The predicted octanol–water partition coefficient (Wildman–Crippen LogP) is 2.57. The summed E-state index contributed by atoms with van der Waals surface area (Å²) in [5.41, 5.74) is 1.18. The summed E-state index contributed by atoms with van der Waals surface area (Å²) >= 11 is 0. The van der Waals surface area contributed by atoms with Gasteiger partial charge >= 0.3 is 0 Å². The molecule has 0 bridgehead atoms. The molecule has 2 atom stereocenters. The second kappa shape index (κ2) is 8.40. The lowest BCUT2D eigenvalue weighted by atomic mass is 10.0. The fourth-order valence-electron chi connectivity index (χ4n) is 3.09. The van der Waals surface area contributed by atoms with Gasteiger partial charge in [0.2, 0.25) is 0 Å². The van der Waals surface area contributed by atoms with Crippen molar-refractivity contribution in [3.8, 4) is 0 Å². The Kier molecular flexibility index (Phi) is 6.51. The van der Waals surface area contributed by atoms with Crippen LogP contribution in [-0.2, 0) is 0 Å². The highest BCUT2D eigenvalue weighted by Gasteiger charge is 2.20. The second-order valence-corrected chi connectivity index (χ2v) is 5.78. The van der Waals surface area contributed by atoms with Crippen LogP contribution in [0.2, 0.25) is 0 Å². The summed E-state index contributed by atoms with van der Waals surface area (Å²) in [5, 5.41) is 13.3. The second-order valence-electron chi connectivity index (χ2n) is 5.78. The van der Waals surface area contributed by atoms with E-state index in [0.717, 1.165) is 0 Å². The summed E-state index contributed by atoms with van der Waals surface area (Å²) in [5.74, 6) is 0. The Morgan fingerprint density at radius 2 is 2.05 bits per heavy atom. The molecule has 1 aliphatic heterocycles. The zero-order valence-electron chi connectivity index (χ0n) is 12.6. The molecule has 1 aliphatic rings. The lowest BCUT2D eigenvalue weighted by Crippen LogP contribution is -2.35. The highest BCUT2D eigenvalue weighted by Crippen LogP contribution is 2.17. The Hall–Kier alpha value is -0.900. The summed E-state index contributed by atoms with van der Waals surface area (Å²) in [6, 6.07) is 10.9. The summed E-state index contributed by atoms with van der Waals surface area (Å²) in [6.07, 6.45) is 4.89. The first-order chi connectivity index (χ1) is 9.83. The maximum atomic E-state index is 9.64. The molecule has 1 saturated heterocycles. The average molecular weight is 276 g/mol. The SMILES string of the molecule is CCCN1CCCC(NC(CO)c2ccccc2)CC1. The van der Waals surface area contributed by atoms with Crippen LogP contribution in [0.5, 0.6) is 0 Å². The van der Waals surface area contributed by atoms with E-state index in [1.54, 1.807) is 0 Å². The van der Waals surface area contributed by atoms with Crippen molar-refractivity contribution in [3.05, 3.63) is 35.9 Å². The number of aliphatic hydroxyl groups excluding tert-OH is 1. The molecule has 0 amide bonds. The Labute approximate surface area is 123 Å². The first kappa shape index (κ1) is 15.5. The van der Waals surface area contributed by atoms with Crippen LogP contribution in [-0.4, -0.2) is 42.3 Å². The molecule has 1 aromatic carbocycles.